The van der Waals surface area contributed by atoms with E-state index in [-0.39, 0.29) is 17.5 Å². The zero-order valence-electron chi connectivity index (χ0n) is 14.3. The lowest BCUT2D eigenvalue weighted by Crippen LogP contribution is -2.21. The predicted octanol–water partition coefficient (Wildman–Crippen LogP) is 2.68. The lowest BCUT2D eigenvalue weighted by atomic mass is 10.2. The number of aromatic nitrogens is 3. The Bertz CT molecular complexity index is 1060. The van der Waals surface area contributed by atoms with Gasteiger partial charge < -0.3 is 10.6 Å². The van der Waals surface area contributed by atoms with Crippen LogP contribution in [0.2, 0.25) is 0 Å². The van der Waals surface area contributed by atoms with E-state index in [9.17, 15) is 8.42 Å². The molecule has 1 saturated heterocycles. The smallest absolute Gasteiger partial charge is 0.152 e. The minimum absolute atomic E-state index is 0.110. The molecule has 0 aliphatic carbocycles. The van der Waals surface area contributed by atoms with Crippen LogP contribution < -0.4 is 10.6 Å². The van der Waals surface area contributed by atoms with E-state index in [1.54, 1.807) is 12.3 Å². The van der Waals surface area contributed by atoms with Gasteiger partial charge in [-0.3, -0.25) is 4.98 Å². The second kappa shape index (κ2) is 6.53. The molecule has 0 spiro atoms. The van der Waals surface area contributed by atoms with E-state index in [1.807, 2.05) is 37.3 Å². The van der Waals surface area contributed by atoms with Crippen molar-refractivity contribution in [3.05, 3.63) is 48.4 Å². The van der Waals surface area contributed by atoms with E-state index in [1.165, 1.54) is 0 Å². The number of pyridine rings is 1. The number of para-hydroxylation sites is 1. The molecule has 3 aromatic rings. The van der Waals surface area contributed by atoms with E-state index in [0.717, 1.165) is 16.6 Å². The first kappa shape index (κ1) is 16.7. The van der Waals surface area contributed by atoms with Crippen molar-refractivity contribution in [2.45, 2.75) is 19.4 Å². The largest absolute Gasteiger partial charge is 0.366 e. The lowest BCUT2D eigenvalue weighted by Gasteiger charge is -2.14. The molecule has 2 aromatic heterocycles. The molecule has 0 bridgehead atoms. The first-order valence-corrected chi connectivity index (χ1v) is 10.2. The molecule has 0 radical (unpaired) electrons. The SMILES string of the molecule is Cc1nc(Nc2cccc3cccnc23)cc(NC2CCS(=O)(=O)C2)n1. The van der Waals surface area contributed by atoms with Crippen molar-refractivity contribution in [3.8, 4) is 0 Å². The first-order chi connectivity index (χ1) is 12.5. The molecular weight excluding hydrogens is 350 g/mol. The molecule has 1 aromatic carbocycles. The highest BCUT2D eigenvalue weighted by Gasteiger charge is 2.28. The molecular formula is C18H19N5O2S. The second-order valence-corrected chi connectivity index (χ2v) is 8.66. The molecule has 2 N–H and O–H groups in total. The van der Waals surface area contributed by atoms with Gasteiger partial charge in [0.25, 0.3) is 0 Å². The van der Waals surface area contributed by atoms with Gasteiger partial charge in [-0.05, 0) is 25.5 Å². The summed E-state index contributed by atoms with van der Waals surface area (Å²) < 4.78 is 23.3. The monoisotopic (exact) mass is 369 g/mol. The average molecular weight is 369 g/mol. The number of rotatable bonds is 4. The average Bonchev–Trinajstić information content (AvgIpc) is 2.93. The van der Waals surface area contributed by atoms with Gasteiger partial charge in [-0.25, -0.2) is 18.4 Å². The third-order valence-corrected chi connectivity index (χ3v) is 6.09. The Morgan fingerprint density at radius 1 is 1.12 bits per heavy atom. The van der Waals surface area contributed by atoms with Gasteiger partial charge in [-0.15, -0.1) is 0 Å². The summed E-state index contributed by atoms with van der Waals surface area (Å²) in [6.07, 6.45) is 2.35. The van der Waals surface area contributed by atoms with Gasteiger partial charge in [-0.2, -0.15) is 0 Å². The Morgan fingerprint density at radius 2 is 1.92 bits per heavy atom. The second-order valence-electron chi connectivity index (χ2n) is 6.44. The molecule has 4 rings (SSSR count). The first-order valence-electron chi connectivity index (χ1n) is 8.42. The summed E-state index contributed by atoms with van der Waals surface area (Å²) in [4.78, 5) is 13.2. The number of fused-ring (bicyclic) bond motifs is 1. The number of sulfone groups is 1. The highest BCUT2D eigenvalue weighted by Crippen LogP contribution is 2.25. The van der Waals surface area contributed by atoms with Crippen LogP contribution in [0.5, 0.6) is 0 Å². The van der Waals surface area contributed by atoms with Gasteiger partial charge in [0.15, 0.2) is 9.84 Å². The molecule has 1 unspecified atom stereocenters. The molecule has 7 nitrogen and oxygen atoms in total. The zero-order valence-corrected chi connectivity index (χ0v) is 15.1. The predicted molar refractivity (Wildman–Crippen MR) is 102 cm³/mol. The number of nitrogens with zero attached hydrogens (tertiary/aromatic N) is 3. The van der Waals surface area contributed by atoms with Crippen LogP contribution >= 0.6 is 0 Å². The van der Waals surface area contributed by atoms with Crippen molar-refractivity contribution in [2.75, 3.05) is 22.1 Å². The van der Waals surface area contributed by atoms with Gasteiger partial charge in [0.2, 0.25) is 0 Å². The fourth-order valence-corrected chi connectivity index (χ4v) is 4.84. The molecule has 8 heteroatoms. The van der Waals surface area contributed by atoms with Crippen LogP contribution in [0.25, 0.3) is 10.9 Å². The molecule has 0 saturated carbocycles. The Kier molecular flexibility index (Phi) is 4.20. The maximum absolute atomic E-state index is 11.6. The molecule has 3 heterocycles. The van der Waals surface area contributed by atoms with Crippen LogP contribution in [0.4, 0.5) is 17.3 Å². The highest BCUT2D eigenvalue weighted by molar-refractivity contribution is 7.91. The number of nitrogens with one attached hydrogen (secondary N) is 2. The van der Waals surface area contributed by atoms with E-state index in [0.29, 0.717) is 23.9 Å². The summed E-state index contributed by atoms with van der Waals surface area (Å²) in [5.41, 5.74) is 1.72. The molecule has 1 aliphatic heterocycles. The van der Waals surface area contributed by atoms with Gasteiger partial charge in [-0.1, -0.05) is 18.2 Å². The number of anilines is 3. The highest BCUT2D eigenvalue weighted by atomic mass is 32.2. The fourth-order valence-electron chi connectivity index (χ4n) is 3.17. The fraction of sp³-hybridized carbons (Fsp3) is 0.278. The summed E-state index contributed by atoms with van der Waals surface area (Å²) in [6.45, 7) is 1.81. The van der Waals surface area contributed by atoms with Crippen molar-refractivity contribution >= 4 is 38.1 Å². The van der Waals surface area contributed by atoms with Crippen LogP contribution in [0.15, 0.2) is 42.6 Å². The van der Waals surface area contributed by atoms with E-state index in [4.69, 9.17) is 0 Å². The minimum Gasteiger partial charge on any atom is -0.366 e. The van der Waals surface area contributed by atoms with Crippen LogP contribution in [0, 0.1) is 6.92 Å². The quantitative estimate of drug-likeness (QED) is 0.730. The van der Waals surface area contributed by atoms with E-state index in [2.05, 4.69) is 25.6 Å². The summed E-state index contributed by atoms with van der Waals surface area (Å²) in [5, 5.41) is 7.55. The number of benzene rings is 1. The number of aryl methyl sites for hydroxylation is 1. The minimum atomic E-state index is -2.94. The van der Waals surface area contributed by atoms with Crippen molar-refractivity contribution in [3.63, 3.8) is 0 Å². The Morgan fingerprint density at radius 3 is 2.73 bits per heavy atom. The van der Waals surface area contributed by atoms with Crippen molar-refractivity contribution in [2.24, 2.45) is 0 Å². The number of hydrogen-bond donors (Lipinski definition) is 2. The van der Waals surface area contributed by atoms with Gasteiger partial charge >= 0.3 is 0 Å². The Labute approximate surface area is 151 Å². The Balaban J connectivity index is 1.60. The molecule has 1 atom stereocenters. The van der Waals surface area contributed by atoms with Crippen LogP contribution in [-0.2, 0) is 9.84 Å². The molecule has 1 fully saturated rings. The van der Waals surface area contributed by atoms with Crippen LogP contribution in [0.1, 0.15) is 12.2 Å². The summed E-state index contributed by atoms with van der Waals surface area (Å²) >= 11 is 0. The number of hydrogen-bond acceptors (Lipinski definition) is 7. The molecule has 0 amide bonds. The van der Waals surface area contributed by atoms with Gasteiger partial charge in [0.05, 0.1) is 22.7 Å². The summed E-state index contributed by atoms with van der Waals surface area (Å²) in [5.74, 6) is 2.23. The topological polar surface area (TPSA) is 96.9 Å². The maximum Gasteiger partial charge on any atom is 0.152 e. The third kappa shape index (κ3) is 3.60. The molecule has 26 heavy (non-hydrogen) atoms. The van der Waals surface area contributed by atoms with Crippen LogP contribution in [-0.4, -0.2) is 40.9 Å². The van der Waals surface area contributed by atoms with Crippen molar-refractivity contribution in [1.29, 1.82) is 0 Å². The third-order valence-electron chi connectivity index (χ3n) is 4.32. The zero-order chi connectivity index (χ0) is 18.1. The van der Waals surface area contributed by atoms with Gasteiger partial charge in [0.1, 0.15) is 17.5 Å². The van der Waals surface area contributed by atoms with E-state index < -0.39 is 9.84 Å². The van der Waals surface area contributed by atoms with Crippen LogP contribution in [0.3, 0.4) is 0 Å². The standard InChI is InChI=1S/C18H19N5O2S/c1-12-20-16(22-14-7-9-26(24,25)11-14)10-17(21-12)23-15-6-2-4-13-5-3-8-19-18(13)15/h2-6,8,10,14H,7,9,11H2,1H3,(H2,20,21,22,23). The lowest BCUT2D eigenvalue weighted by molar-refractivity contribution is 0.602. The van der Waals surface area contributed by atoms with Crippen molar-refractivity contribution in [1.82, 2.24) is 15.0 Å². The molecule has 1 aliphatic rings. The van der Waals surface area contributed by atoms with E-state index >= 15 is 0 Å². The molecule has 134 valence electrons. The Hall–Kier alpha value is -2.74. The summed E-state index contributed by atoms with van der Waals surface area (Å²) in [7, 11) is -2.94. The normalized spacial score (nSPS) is 18.7. The maximum atomic E-state index is 11.6. The van der Waals surface area contributed by atoms with Gasteiger partial charge in [0, 0.05) is 23.7 Å². The summed E-state index contributed by atoms with van der Waals surface area (Å²) in [6, 6.07) is 11.5. The van der Waals surface area contributed by atoms with Crippen molar-refractivity contribution < 1.29 is 8.42 Å².